The van der Waals surface area contributed by atoms with Crippen molar-refractivity contribution in [2.24, 2.45) is 7.05 Å². The van der Waals surface area contributed by atoms with Crippen molar-refractivity contribution >= 4 is 21.6 Å². The second-order valence-corrected chi connectivity index (χ2v) is 6.42. The van der Waals surface area contributed by atoms with Crippen LogP contribution in [0, 0.1) is 0 Å². The number of aromatic nitrogens is 2. The molecule has 108 valence electrons. The first-order chi connectivity index (χ1) is 9.53. The lowest BCUT2D eigenvalue weighted by molar-refractivity contribution is 0.545. The first-order valence-corrected chi connectivity index (χ1v) is 8.15. The lowest BCUT2D eigenvalue weighted by Crippen LogP contribution is -2.38. The second kappa shape index (κ2) is 6.39. The van der Waals surface area contributed by atoms with Crippen LogP contribution in [0.1, 0.15) is 5.56 Å². The summed E-state index contributed by atoms with van der Waals surface area (Å²) in [4.78, 5) is 0. The van der Waals surface area contributed by atoms with Gasteiger partial charge in [0.25, 0.3) is 10.0 Å². The summed E-state index contributed by atoms with van der Waals surface area (Å²) in [5.41, 5.74) is 1.03. The number of nitrogens with one attached hydrogen (secondary N) is 1. The van der Waals surface area contributed by atoms with Crippen LogP contribution in [0.5, 0.6) is 0 Å². The van der Waals surface area contributed by atoms with E-state index in [9.17, 15) is 8.42 Å². The van der Waals surface area contributed by atoms with Crippen LogP contribution in [0.15, 0.2) is 47.6 Å². The monoisotopic (exact) mass is 313 g/mol. The SMILES string of the molecule is Cn1nccc1S(=O)(=O)NC(CCl)Cc1ccccc1. The van der Waals surface area contributed by atoms with E-state index in [0.29, 0.717) is 6.42 Å². The minimum absolute atomic E-state index is 0.126. The summed E-state index contributed by atoms with van der Waals surface area (Å²) in [7, 11) is -2.03. The third-order valence-electron chi connectivity index (χ3n) is 2.88. The van der Waals surface area contributed by atoms with Crippen molar-refractivity contribution in [2.75, 3.05) is 5.88 Å². The molecule has 0 spiro atoms. The summed E-state index contributed by atoms with van der Waals surface area (Å²) in [5.74, 6) is 0.200. The Morgan fingerprint density at radius 1 is 1.30 bits per heavy atom. The van der Waals surface area contributed by atoms with E-state index in [4.69, 9.17) is 11.6 Å². The largest absolute Gasteiger partial charge is 0.258 e. The van der Waals surface area contributed by atoms with E-state index in [1.165, 1.54) is 16.9 Å². The average Bonchev–Trinajstić information content (AvgIpc) is 2.86. The van der Waals surface area contributed by atoms with Crippen molar-refractivity contribution in [1.82, 2.24) is 14.5 Å². The zero-order valence-corrected chi connectivity index (χ0v) is 12.6. The first kappa shape index (κ1) is 15.0. The minimum Gasteiger partial charge on any atom is -0.256 e. The van der Waals surface area contributed by atoms with Crippen LogP contribution in [0.25, 0.3) is 0 Å². The number of alkyl halides is 1. The van der Waals surface area contributed by atoms with Crippen molar-refractivity contribution in [1.29, 1.82) is 0 Å². The molecule has 1 aromatic heterocycles. The van der Waals surface area contributed by atoms with Crippen molar-refractivity contribution < 1.29 is 8.42 Å². The molecule has 20 heavy (non-hydrogen) atoms. The maximum Gasteiger partial charge on any atom is 0.258 e. The van der Waals surface area contributed by atoms with Crippen LogP contribution in [0.3, 0.4) is 0 Å². The molecule has 5 nitrogen and oxygen atoms in total. The van der Waals surface area contributed by atoms with Crippen LogP contribution >= 0.6 is 11.6 Å². The fourth-order valence-corrected chi connectivity index (χ4v) is 3.57. The van der Waals surface area contributed by atoms with Gasteiger partial charge in [-0.2, -0.15) is 5.10 Å². The Morgan fingerprint density at radius 2 is 2.00 bits per heavy atom. The Kier molecular flexibility index (Phi) is 4.80. The Bertz CT molecular complexity index is 655. The molecule has 2 aromatic rings. The zero-order chi connectivity index (χ0) is 14.6. The van der Waals surface area contributed by atoms with Crippen LogP contribution < -0.4 is 4.72 Å². The molecule has 0 fully saturated rings. The predicted octanol–water partition coefficient (Wildman–Crippen LogP) is 1.55. The van der Waals surface area contributed by atoms with Gasteiger partial charge in [-0.15, -0.1) is 11.6 Å². The molecular weight excluding hydrogens is 298 g/mol. The third-order valence-corrected chi connectivity index (χ3v) is 4.85. The van der Waals surface area contributed by atoms with E-state index in [2.05, 4.69) is 9.82 Å². The summed E-state index contributed by atoms with van der Waals surface area (Å²) >= 11 is 5.88. The van der Waals surface area contributed by atoms with Gasteiger partial charge in [0.2, 0.25) is 0 Å². The van der Waals surface area contributed by atoms with E-state index in [1.807, 2.05) is 30.3 Å². The van der Waals surface area contributed by atoms with E-state index in [0.717, 1.165) is 5.56 Å². The molecule has 0 radical (unpaired) electrons. The molecule has 0 aliphatic heterocycles. The standard InChI is InChI=1S/C13H16ClN3O2S/c1-17-13(7-8-15-17)20(18,19)16-12(10-14)9-11-5-3-2-4-6-11/h2-8,12,16H,9-10H2,1H3. The van der Waals surface area contributed by atoms with Gasteiger partial charge in [0.15, 0.2) is 5.03 Å². The van der Waals surface area contributed by atoms with Crippen LogP contribution in [0.4, 0.5) is 0 Å². The molecular formula is C13H16ClN3O2S. The van der Waals surface area contributed by atoms with Crippen molar-refractivity contribution in [3.63, 3.8) is 0 Å². The highest BCUT2D eigenvalue weighted by Crippen LogP contribution is 2.10. The molecule has 0 saturated heterocycles. The van der Waals surface area contributed by atoms with Crippen LogP contribution in [0.2, 0.25) is 0 Å². The molecule has 0 amide bonds. The van der Waals surface area contributed by atoms with Crippen molar-refractivity contribution in [3.05, 3.63) is 48.2 Å². The highest BCUT2D eigenvalue weighted by atomic mass is 35.5. The molecule has 1 heterocycles. The number of aryl methyl sites for hydroxylation is 1. The molecule has 0 bridgehead atoms. The highest BCUT2D eigenvalue weighted by molar-refractivity contribution is 7.89. The van der Waals surface area contributed by atoms with Gasteiger partial charge < -0.3 is 0 Å². The predicted molar refractivity (Wildman–Crippen MR) is 78.2 cm³/mol. The molecule has 0 aliphatic rings. The molecule has 2 rings (SSSR count). The number of benzene rings is 1. The zero-order valence-electron chi connectivity index (χ0n) is 11.0. The number of halogens is 1. The summed E-state index contributed by atoms with van der Waals surface area (Å²) in [6.07, 6.45) is 1.99. The fourth-order valence-electron chi connectivity index (χ4n) is 1.93. The third kappa shape index (κ3) is 3.59. The van der Waals surface area contributed by atoms with Crippen molar-refractivity contribution in [3.8, 4) is 0 Å². The van der Waals surface area contributed by atoms with Gasteiger partial charge in [-0.1, -0.05) is 30.3 Å². The average molecular weight is 314 g/mol. The highest BCUT2D eigenvalue weighted by Gasteiger charge is 2.22. The van der Waals surface area contributed by atoms with E-state index >= 15 is 0 Å². The normalized spacial score (nSPS) is 13.3. The van der Waals surface area contributed by atoms with Crippen LogP contribution in [-0.2, 0) is 23.5 Å². The second-order valence-electron chi connectivity index (χ2n) is 4.46. The number of hydrogen-bond acceptors (Lipinski definition) is 3. The summed E-state index contributed by atoms with van der Waals surface area (Å²) in [6, 6.07) is 10.7. The Morgan fingerprint density at radius 3 is 2.55 bits per heavy atom. The van der Waals surface area contributed by atoms with E-state index in [1.54, 1.807) is 7.05 Å². The molecule has 1 unspecified atom stereocenters. The summed E-state index contributed by atoms with van der Waals surface area (Å²) < 4.78 is 28.4. The smallest absolute Gasteiger partial charge is 0.256 e. The Balaban J connectivity index is 2.12. The van der Waals surface area contributed by atoms with Crippen molar-refractivity contribution in [2.45, 2.75) is 17.5 Å². The van der Waals surface area contributed by atoms with Crippen LogP contribution in [-0.4, -0.2) is 30.1 Å². The Labute approximate surface area is 123 Å². The quantitative estimate of drug-likeness (QED) is 0.823. The molecule has 0 aliphatic carbocycles. The van der Waals surface area contributed by atoms with Gasteiger partial charge in [-0.05, 0) is 18.1 Å². The molecule has 1 N–H and O–H groups in total. The molecule has 7 heteroatoms. The van der Waals surface area contributed by atoms with E-state index < -0.39 is 10.0 Å². The molecule has 1 aromatic carbocycles. The fraction of sp³-hybridized carbons (Fsp3) is 0.308. The van der Waals surface area contributed by atoms with Gasteiger partial charge in [-0.25, -0.2) is 13.1 Å². The van der Waals surface area contributed by atoms with E-state index in [-0.39, 0.29) is 16.9 Å². The number of rotatable bonds is 6. The maximum absolute atomic E-state index is 12.2. The van der Waals surface area contributed by atoms with Gasteiger partial charge in [0.05, 0.1) is 6.20 Å². The number of nitrogens with zero attached hydrogens (tertiary/aromatic N) is 2. The lowest BCUT2D eigenvalue weighted by Gasteiger charge is -2.16. The maximum atomic E-state index is 12.2. The molecule has 0 saturated carbocycles. The van der Waals surface area contributed by atoms with Gasteiger partial charge in [-0.3, -0.25) is 4.68 Å². The topological polar surface area (TPSA) is 64.0 Å². The summed E-state index contributed by atoms with van der Waals surface area (Å²) in [5, 5.41) is 3.99. The van der Waals surface area contributed by atoms with Gasteiger partial charge in [0.1, 0.15) is 0 Å². The number of hydrogen-bond donors (Lipinski definition) is 1. The number of sulfonamides is 1. The first-order valence-electron chi connectivity index (χ1n) is 6.13. The lowest BCUT2D eigenvalue weighted by atomic mass is 10.1. The van der Waals surface area contributed by atoms with Gasteiger partial charge >= 0.3 is 0 Å². The summed E-state index contributed by atoms with van der Waals surface area (Å²) in [6.45, 7) is 0. The molecule has 1 atom stereocenters. The van der Waals surface area contributed by atoms with Gasteiger partial charge in [0, 0.05) is 19.0 Å². The minimum atomic E-state index is -3.61. The Hall–Kier alpha value is -1.37.